The molecule has 2 heterocycles. The van der Waals surface area contributed by atoms with Gasteiger partial charge in [-0.05, 0) is 47.9 Å². The van der Waals surface area contributed by atoms with Gasteiger partial charge in [-0.1, -0.05) is 26.0 Å². The van der Waals surface area contributed by atoms with Gasteiger partial charge in [-0.25, -0.2) is 14.6 Å². The van der Waals surface area contributed by atoms with Crippen molar-refractivity contribution < 1.29 is 32.6 Å². The number of nitrogens with one attached hydrogen (secondary N) is 3. The van der Waals surface area contributed by atoms with Crippen molar-refractivity contribution in [2.24, 2.45) is 5.92 Å². The average Bonchev–Trinajstić information content (AvgIpc) is 3.77. The van der Waals surface area contributed by atoms with Gasteiger partial charge in [0.05, 0.1) is 31.2 Å². The second kappa shape index (κ2) is 17.2. The Bertz CT molecular complexity index is 1570. The van der Waals surface area contributed by atoms with Gasteiger partial charge in [-0.15, -0.1) is 0 Å². The van der Waals surface area contributed by atoms with Crippen molar-refractivity contribution in [1.82, 2.24) is 15.2 Å². The number of carbonyl (C=O) groups is 2. The van der Waals surface area contributed by atoms with Gasteiger partial charge < -0.3 is 39.0 Å². The molecule has 242 valence electrons. The number of methoxy groups -OCH3 is 1. The van der Waals surface area contributed by atoms with Crippen LogP contribution in [0.1, 0.15) is 31.6 Å². The minimum atomic E-state index is -0.629. The van der Waals surface area contributed by atoms with Crippen molar-refractivity contribution in [3.8, 4) is 23.1 Å². The van der Waals surface area contributed by atoms with Crippen LogP contribution in [0.2, 0.25) is 0 Å². The number of oxazole rings is 1. The maximum atomic E-state index is 12.7. The lowest BCUT2D eigenvalue weighted by molar-refractivity contribution is -0.103. The molecule has 13 nitrogen and oxygen atoms in total. The lowest BCUT2D eigenvalue weighted by atomic mass is 10.1. The molecule has 2 aromatic heterocycles. The highest BCUT2D eigenvalue weighted by Crippen LogP contribution is 2.32. The van der Waals surface area contributed by atoms with Crippen LogP contribution in [0.4, 0.5) is 21.0 Å². The van der Waals surface area contributed by atoms with Gasteiger partial charge in [0.2, 0.25) is 0 Å². The smallest absolute Gasteiger partial charge is 0.407 e. The summed E-state index contributed by atoms with van der Waals surface area (Å²) in [4.78, 5) is 31.3. The van der Waals surface area contributed by atoms with Gasteiger partial charge in [-0.3, -0.25) is 4.90 Å². The van der Waals surface area contributed by atoms with E-state index in [0.29, 0.717) is 59.6 Å². The molecule has 0 bridgehead atoms. The molecule has 4 aromatic rings. The molecule has 2 aromatic carbocycles. The van der Waals surface area contributed by atoms with Crippen molar-refractivity contribution in [3.63, 3.8) is 0 Å². The zero-order chi connectivity index (χ0) is 32.7. The summed E-state index contributed by atoms with van der Waals surface area (Å²) in [7, 11) is 1.53. The van der Waals surface area contributed by atoms with Crippen molar-refractivity contribution >= 4 is 23.5 Å². The molecule has 0 fully saturated rings. The predicted octanol–water partition coefficient (Wildman–Crippen LogP) is 6.23. The lowest BCUT2D eigenvalue weighted by Crippen LogP contribution is -2.44. The fourth-order valence-corrected chi connectivity index (χ4v) is 4.59. The molecule has 0 saturated heterocycles. The fraction of sp³-hybridized carbons (Fsp3) is 0.333. The SMILES string of the molecule is COc1cc(NC(=O)Nc2cccc(CNC(=O)OCC(OCc3ccco3)N(CCC#N)CC(C)C)c2)ccc1-c1cnco1. The van der Waals surface area contributed by atoms with Crippen molar-refractivity contribution in [2.45, 2.75) is 39.6 Å². The number of carbonyl (C=O) groups excluding carboxylic acids is 2. The number of ether oxygens (including phenoxy) is 3. The molecule has 0 radical (unpaired) electrons. The number of anilines is 2. The fourth-order valence-electron chi connectivity index (χ4n) is 4.59. The van der Waals surface area contributed by atoms with Gasteiger partial charge in [0.25, 0.3) is 0 Å². The highest BCUT2D eigenvalue weighted by atomic mass is 16.6. The Labute approximate surface area is 267 Å². The topological polar surface area (TPSA) is 164 Å². The van der Waals surface area contributed by atoms with Crippen LogP contribution in [0.15, 0.2) is 82.3 Å². The molecular weight excluding hydrogens is 592 g/mol. The van der Waals surface area contributed by atoms with Crippen LogP contribution in [-0.4, -0.2) is 55.0 Å². The lowest BCUT2D eigenvalue weighted by Gasteiger charge is -2.31. The highest BCUT2D eigenvalue weighted by molar-refractivity contribution is 6.00. The van der Waals surface area contributed by atoms with Crippen LogP contribution in [0.3, 0.4) is 0 Å². The molecule has 1 atom stereocenters. The first kappa shape index (κ1) is 33.6. The number of benzene rings is 2. The van der Waals surface area contributed by atoms with Crippen LogP contribution in [0, 0.1) is 17.2 Å². The Balaban J connectivity index is 1.29. The summed E-state index contributed by atoms with van der Waals surface area (Å²) in [5.74, 6) is 2.00. The molecule has 3 amide bonds. The molecule has 46 heavy (non-hydrogen) atoms. The molecule has 0 aliphatic carbocycles. The molecular formula is C33H38N6O7. The van der Waals surface area contributed by atoms with E-state index in [-0.39, 0.29) is 19.8 Å². The zero-order valence-electron chi connectivity index (χ0n) is 26.0. The summed E-state index contributed by atoms with van der Waals surface area (Å²) in [5.41, 5.74) is 2.50. The Morgan fingerprint density at radius 2 is 1.89 bits per heavy atom. The third-order valence-corrected chi connectivity index (χ3v) is 6.65. The first-order valence-corrected chi connectivity index (χ1v) is 14.7. The summed E-state index contributed by atoms with van der Waals surface area (Å²) >= 11 is 0. The average molecular weight is 631 g/mol. The monoisotopic (exact) mass is 630 g/mol. The van der Waals surface area contributed by atoms with Gasteiger partial charge in [0, 0.05) is 43.5 Å². The Kier molecular flexibility index (Phi) is 12.6. The summed E-state index contributed by atoms with van der Waals surface area (Å²) in [6.07, 6.45) is 3.58. The minimum absolute atomic E-state index is 0.0450. The normalized spacial score (nSPS) is 11.6. The van der Waals surface area contributed by atoms with Crippen molar-refractivity contribution in [3.05, 3.63) is 84.8 Å². The number of amides is 3. The van der Waals surface area contributed by atoms with Gasteiger partial charge in [0.15, 0.2) is 12.2 Å². The van der Waals surface area contributed by atoms with Crippen LogP contribution in [0.5, 0.6) is 5.75 Å². The second-order valence-corrected chi connectivity index (χ2v) is 10.7. The number of furan rings is 1. The second-order valence-electron chi connectivity index (χ2n) is 10.7. The van der Waals surface area contributed by atoms with Crippen molar-refractivity contribution in [2.75, 3.05) is 37.4 Å². The molecule has 3 N–H and O–H groups in total. The van der Waals surface area contributed by atoms with E-state index in [1.807, 2.05) is 11.0 Å². The largest absolute Gasteiger partial charge is 0.496 e. The van der Waals surface area contributed by atoms with E-state index in [2.05, 4.69) is 40.9 Å². The van der Waals surface area contributed by atoms with Gasteiger partial charge in [0.1, 0.15) is 31.0 Å². The summed E-state index contributed by atoms with van der Waals surface area (Å²) in [6, 6.07) is 17.5. The number of nitriles is 1. The van der Waals surface area contributed by atoms with E-state index < -0.39 is 18.4 Å². The molecule has 0 spiro atoms. The Hall–Kier alpha value is -5.32. The van der Waals surface area contributed by atoms with Crippen molar-refractivity contribution in [1.29, 1.82) is 5.26 Å². The van der Waals surface area contributed by atoms with Crippen LogP contribution < -0.4 is 20.7 Å². The Morgan fingerprint density at radius 3 is 2.59 bits per heavy atom. The van der Waals surface area contributed by atoms with E-state index in [0.717, 1.165) is 5.56 Å². The first-order chi connectivity index (χ1) is 22.3. The number of hydrogen-bond acceptors (Lipinski definition) is 10. The number of rotatable bonds is 16. The molecule has 0 aliphatic heterocycles. The Morgan fingerprint density at radius 1 is 1.07 bits per heavy atom. The highest BCUT2D eigenvalue weighted by Gasteiger charge is 2.22. The maximum absolute atomic E-state index is 12.7. The van der Waals surface area contributed by atoms with Crippen LogP contribution in [-0.2, 0) is 22.6 Å². The van der Waals surface area contributed by atoms with E-state index in [4.69, 9.17) is 28.3 Å². The predicted molar refractivity (Wildman–Crippen MR) is 170 cm³/mol. The molecule has 4 rings (SSSR count). The zero-order valence-corrected chi connectivity index (χ0v) is 26.0. The minimum Gasteiger partial charge on any atom is -0.496 e. The van der Waals surface area contributed by atoms with Crippen LogP contribution in [0.25, 0.3) is 11.3 Å². The molecule has 1 unspecified atom stereocenters. The maximum Gasteiger partial charge on any atom is 0.407 e. The van der Waals surface area contributed by atoms with E-state index in [1.54, 1.807) is 61.0 Å². The first-order valence-electron chi connectivity index (χ1n) is 14.7. The summed E-state index contributed by atoms with van der Waals surface area (Å²) in [5, 5.41) is 17.4. The molecule has 0 aliphatic rings. The third-order valence-electron chi connectivity index (χ3n) is 6.65. The quantitative estimate of drug-likeness (QED) is 0.121. The number of hydrogen-bond donors (Lipinski definition) is 3. The van der Waals surface area contributed by atoms with Gasteiger partial charge >= 0.3 is 12.1 Å². The van der Waals surface area contributed by atoms with E-state index in [1.165, 1.54) is 13.5 Å². The van der Waals surface area contributed by atoms with E-state index >= 15 is 0 Å². The number of alkyl carbamates (subject to hydrolysis) is 1. The number of nitrogens with zero attached hydrogens (tertiary/aromatic N) is 3. The number of urea groups is 1. The number of aromatic nitrogens is 1. The standard InChI is InChI=1S/C33H38N6O7/c1-23(2)19-39(13-6-12-34)31(44-20-27-9-5-14-43-27)21-45-33(41)36-17-24-7-4-8-25(15-24)37-32(40)38-26-10-11-28(29(16-26)42-3)30-18-35-22-46-30/h4-5,7-11,14-16,18,22-23,31H,6,13,17,19-21H2,1-3H3,(H,36,41)(H2,37,38,40). The summed E-state index contributed by atoms with van der Waals surface area (Å²) < 4.78 is 27.7. The van der Waals surface area contributed by atoms with Gasteiger partial charge in [-0.2, -0.15) is 5.26 Å². The van der Waals surface area contributed by atoms with E-state index in [9.17, 15) is 9.59 Å². The summed E-state index contributed by atoms with van der Waals surface area (Å²) in [6.45, 7) is 5.58. The third kappa shape index (κ3) is 10.4. The molecule has 13 heteroatoms. The van der Waals surface area contributed by atoms with Crippen LogP contribution >= 0.6 is 0 Å². The molecule has 0 saturated carbocycles.